The van der Waals surface area contributed by atoms with Crippen molar-refractivity contribution in [3.63, 3.8) is 0 Å². The first-order chi connectivity index (χ1) is 12.5. The van der Waals surface area contributed by atoms with Gasteiger partial charge in [0.2, 0.25) is 11.8 Å². The van der Waals surface area contributed by atoms with Crippen molar-refractivity contribution in [2.45, 2.75) is 20.0 Å². The van der Waals surface area contributed by atoms with E-state index in [1.165, 1.54) is 11.8 Å². The molecule has 0 saturated heterocycles. The Morgan fingerprint density at radius 2 is 1.65 bits per heavy atom. The van der Waals surface area contributed by atoms with E-state index >= 15 is 0 Å². The van der Waals surface area contributed by atoms with Crippen LogP contribution in [0.15, 0.2) is 48.5 Å². The van der Waals surface area contributed by atoms with Crippen LogP contribution in [0.3, 0.4) is 0 Å². The standard InChI is InChI=1S/C20H24N2O4/c1-15(23)22(13-16-7-5-4-6-8-16)14-20(24)21-12-17-9-10-18(25-2)19(11-17)26-3/h4-11H,12-14H2,1-3H3,(H,21,24). The fraction of sp³-hybridized carbons (Fsp3) is 0.300. The fourth-order valence-corrected chi connectivity index (χ4v) is 2.50. The molecule has 0 aromatic heterocycles. The molecule has 138 valence electrons. The van der Waals surface area contributed by atoms with Crippen molar-refractivity contribution in [1.29, 1.82) is 0 Å². The molecule has 0 aliphatic carbocycles. The van der Waals surface area contributed by atoms with E-state index in [9.17, 15) is 9.59 Å². The molecule has 0 heterocycles. The topological polar surface area (TPSA) is 67.9 Å². The fourth-order valence-electron chi connectivity index (χ4n) is 2.50. The summed E-state index contributed by atoms with van der Waals surface area (Å²) in [5.74, 6) is 0.878. The minimum Gasteiger partial charge on any atom is -0.493 e. The summed E-state index contributed by atoms with van der Waals surface area (Å²) in [4.78, 5) is 25.6. The molecule has 0 radical (unpaired) electrons. The van der Waals surface area contributed by atoms with Crippen LogP contribution in [0.4, 0.5) is 0 Å². The monoisotopic (exact) mass is 356 g/mol. The van der Waals surface area contributed by atoms with Crippen molar-refractivity contribution in [2.75, 3.05) is 20.8 Å². The van der Waals surface area contributed by atoms with Crippen molar-refractivity contribution in [3.05, 3.63) is 59.7 Å². The third kappa shape index (κ3) is 5.51. The number of ether oxygens (including phenoxy) is 2. The van der Waals surface area contributed by atoms with E-state index in [2.05, 4.69) is 5.32 Å². The Hall–Kier alpha value is -3.02. The summed E-state index contributed by atoms with van der Waals surface area (Å²) in [6.07, 6.45) is 0. The van der Waals surface area contributed by atoms with Crippen LogP contribution in [0.1, 0.15) is 18.1 Å². The van der Waals surface area contributed by atoms with Gasteiger partial charge in [-0.15, -0.1) is 0 Å². The maximum Gasteiger partial charge on any atom is 0.239 e. The first-order valence-corrected chi connectivity index (χ1v) is 8.30. The summed E-state index contributed by atoms with van der Waals surface area (Å²) in [7, 11) is 3.14. The SMILES string of the molecule is COc1ccc(CNC(=O)CN(Cc2ccccc2)C(C)=O)cc1OC. The van der Waals surface area contributed by atoms with Crippen LogP contribution in [0, 0.1) is 0 Å². The van der Waals surface area contributed by atoms with Crippen molar-refractivity contribution >= 4 is 11.8 Å². The minimum absolute atomic E-state index is 0.0114. The second-order valence-corrected chi connectivity index (χ2v) is 5.83. The lowest BCUT2D eigenvalue weighted by atomic mass is 10.2. The summed E-state index contributed by atoms with van der Waals surface area (Å²) in [5, 5.41) is 2.83. The molecule has 0 saturated carbocycles. The molecule has 2 amide bonds. The molecular weight excluding hydrogens is 332 g/mol. The Morgan fingerprint density at radius 1 is 0.962 bits per heavy atom. The van der Waals surface area contributed by atoms with Gasteiger partial charge >= 0.3 is 0 Å². The summed E-state index contributed by atoms with van der Waals surface area (Å²) in [5.41, 5.74) is 1.86. The van der Waals surface area contributed by atoms with Crippen molar-refractivity contribution < 1.29 is 19.1 Å². The van der Waals surface area contributed by atoms with Gasteiger partial charge in [-0.1, -0.05) is 36.4 Å². The molecule has 26 heavy (non-hydrogen) atoms. The number of carbonyl (C=O) groups is 2. The van der Waals surface area contributed by atoms with Crippen molar-refractivity contribution in [2.24, 2.45) is 0 Å². The van der Waals surface area contributed by atoms with Gasteiger partial charge in [-0.05, 0) is 23.3 Å². The highest BCUT2D eigenvalue weighted by Gasteiger charge is 2.14. The van der Waals surface area contributed by atoms with Crippen LogP contribution in [0.25, 0.3) is 0 Å². The third-order valence-corrected chi connectivity index (χ3v) is 3.93. The van der Waals surface area contributed by atoms with Gasteiger partial charge in [0.25, 0.3) is 0 Å². The predicted molar refractivity (Wildman–Crippen MR) is 98.9 cm³/mol. The lowest BCUT2D eigenvalue weighted by Crippen LogP contribution is -2.39. The van der Waals surface area contributed by atoms with Gasteiger partial charge in [-0.2, -0.15) is 0 Å². The number of rotatable bonds is 8. The average Bonchev–Trinajstić information content (AvgIpc) is 2.66. The molecule has 6 nitrogen and oxygen atoms in total. The second kappa shape index (κ2) is 9.46. The quantitative estimate of drug-likeness (QED) is 0.788. The highest BCUT2D eigenvalue weighted by atomic mass is 16.5. The number of carbonyl (C=O) groups excluding carboxylic acids is 2. The van der Waals surface area contributed by atoms with Crippen LogP contribution in [-0.4, -0.2) is 37.5 Å². The molecule has 0 fully saturated rings. The van der Waals surface area contributed by atoms with Gasteiger partial charge in [-0.3, -0.25) is 9.59 Å². The maximum absolute atomic E-state index is 12.2. The number of amides is 2. The van der Waals surface area contributed by atoms with Gasteiger partial charge in [0.1, 0.15) is 0 Å². The second-order valence-electron chi connectivity index (χ2n) is 5.83. The third-order valence-electron chi connectivity index (χ3n) is 3.93. The molecule has 0 aliphatic rings. The smallest absolute Gasteiger partial charge is 0.239 e. The number of nitrogens with one attached hydrogen (secondary N) is 1. The van der Waals surface area contributed by atoms with Crippen LogP contribution in [0.5, 0.6) is 11.5 Å². The summed E-state index contributed by atoms with van der Waals surface area (Å²) in [6, 6.07) is 15.0. The minimum atomic E-state index is -0.217. The molecule has 0 atom stereocenters. The van der Waals surface area contributed by atoms with E-state index in [1.54, 1.807) is 20.3 Å². The molecular formula is C20H24N2O4. The van der Waals surface area contributed by atoms with Gasteiger partial charge in [0.05, 0.1) is 20.8 Å². The first kappa shape index (κ1) is 19.3. The number of nitrogens with zero attached hydrogens (tertiary/aromatic N) is 1. The van der Waals surface area contributed by atoms with Crippen LogP contribution in [-0.2, 0) is 22.7 Å². The van der Waals surface area contributed by atoms with E-state index in [0.29, 0.717) is 24.6 Å². The number of methoxy groups -OCH3 is 2. The molecule has 0 aliphatic heterocycles. The lowest BCUT2D eigenvalue weighted by molar-refractivity contribution is -0.135. The Labute approximate surface area is 153 Å². The van der Waals surface area contributed by atoms with Gasteiger partial charge in [0.15, 0.2) is 11.5 Å². The zero-order valence-electron chi connectivity index (χ0n) is 15.3. The molecule has 2 aromatic carbocycles. The molecule has 2 rings (SSSR count). The Bertz CT molecular complexity index is 747. The Morgan fingerprint density at radius 3 is 2.27 bits per heavy atom. The van der Waals surface area contributed by atoms with E-state index in [-0.39, 0.29) is 18.4 Å². The zero-order valence-corrected chi connectivity index (χ0v) is 15.3. The summed E-state index contributed by atoms with van der Waals surface area (Å²) >= 11 is 0. The normalized spacial score (nSPS) is 10.1. The average molecular weight is 356 g/mol. The predicted octanol–water partition coefficient (Wildman–Crippen LogP) is 2.37. The Balaban J connectivity index is 1.93. The lowest BCUT2D eigenvalue weighted by Gasteiger charge is -2.20. The van der Waals surface area contributed by atoms with E-state index in [0.717, 1.165) is 11.1 Å². The molecule has 2 aromatic rings. The van der Waals surface area contributed by atoms with Crippen LogP contribution < -0.4 is 14.8 Å². The maximum atomic E-state index is 12.2. The van der Waals surface area contributed by atoms with Gasteiger partial charge < -0.3 is 19.7 Å². The molecule has 6 heteroatoms. The number of hydrogen-bond acceptors (Lipinski definition) is 4. The summed E-state index contributed by atoms with van der Waals surface area (Å²) in [6.45, 7) is 2.22. The van der Waals surface area contributed by atoms with E-state index in [1.807, 2.05) is 42.5 Å². The zero-order chi connectivity index (χ0) is 18.9. The van der Waals surface area contributed by atoms with Crippen molar-refractivity contribution in [3.8, 4) is 11.5 Å². The van der Waals surface area contributed by atoms with Crippen LogP contribution in [0.2, 0.25) is 0 Å². The van der Waals surface area contributed by atoms with E-state index in [4.69, 9.17) is 9.47 Å². The van der Waals surface area contributed by atoms with Gasteiger partial charge in [-0.25, -0.2) is 0 Å². The number of benzene rings is 2. The van der Waals surface area contributed by atoms with Crippen LogP contribution >= 0.6 is 0 Å². The van der Waals surface area contributed by atoms with E-state index < -0.39 is 0 Å². The van der Waals surface area contributed by atoms with Gasteiger partial charge in [0, 0.05) is 20.0 Å². The molecule has 1 N–H and O–H groups in total. The molecule has 0 spiro atoms. The van der Waals surface area contributed by atoms with Crippen molar-refractivity contribution in [1.82, 2.24) is 10.2 Å². The summed E-state index contributed by atoms with van der Waals surface area (Å²) < 4.78 is 10.5. The largest absolute Gasteiger partial charge is 0.493 e. The highest BCUT2D eigenvalue weighted by molar-refractivity contribution is 5.83. The first-order valence-electron chi connectivity index (χ1n) is 8.30. The molecule has 0 bridgehead atoms. The number of hydrogen-bond donors (Lipinski definition) is 1. The molecule has 0 unspecified atom stereocenters. The Kier molecular flexibility index (Phi) is 7.02. The highest BCUT2D eigenvalue weighted by Crippen LogP contribution is 2.27.